The number of hydrogen-bond donors (Lipinski definition) is 2. The van der Waals surface area contributed by atoms with Gasteiger partial charge in [0.15, 0.2) is 0 Å². The van der Waals surface area contributed by atoms with Crippen LogP contribution >= 0.6 is 11.3 Å². The van der Waals surface area contributed by atoms with E-state index in [9.17, 15) is 9.59 Å². The van der Waals surface area contributed by atoms with Crippen molar-refractivity contribution >= 4 is 21.6 Å². The van der Waals surface area contributed by atoms with Gasteiger partial charge in [-0.05, 0) is 39.2 Å². The van der Waals surface area contributed by atoms with Gasteiger partial charge in [0.2, 0.25) is 0 Å². The average Bonchev–Trinajstić information content (AvgIpc) is 3.35. The number of aryl methyl sites for hydroxylation is 1. The SMILES string of the molecule is Cc1c(CNCCN)sc2c1c(=O)n(C1CC1)c(=O)n2CCOC(C)C. The molecule has 0 amide bonds. The zero-order valence-corrected chi connectivity index (χ0v) is 16.5. The van der Waals surface area contributed by atoms with E-state index in [0.29, 0.717) is 31.6 Å². The van der Waals surface area contributed by atoms with Gasteiger partial charge in [0.05, 0.1) is 24.6 Å². The molecule has 7 nitrogen and oxygen atoms in total. The largest absolute Gasteiger partial charge is 0.377 e. The molecule has 0 aromatic carbocycles. The van der Waals surface area contributed by atoms with Crippen LogP contribution in [0.3, 0.4) is 0 Å². The normalized spacial score (nSPS) is 14.7. The molecule has 0 atom stereocenters. The minimum atomic E-state index is -0.208. The van der Waals surface area contributed by atoms with Crippen LogP contribution in [0, 0.1) is 6.92 Å². The topological polar surface area (TPSA) is 91.3 Å². The number of hydrogen-bond acceptors (Lipinski definition) is 6. The summed E-state index contributed by atoms with van der Waals surface area (Å²) in [4.78, 5) is 27.8. The molecule has 0 bridgehead atoms. The summed E-state index contributed by atoms with van der Waals surface area (Å²) in [7, 11) is 0. The first-order valence-corrected chi connectivity index (χ1v) is 10.1. The Bertz CT molecular complexity index is 892. The third kappa shape index (κ3) is 3.78. The van der Waals surface area contributed by atoms with Crippen LogP contribution in [0.2, 0.25) is 0 Å². The van der Waals surface area contributed by atoms with E-state index in [4.69, 9.17) is 10.5 Å². The van der Waals surface area contributed by atoms with E-state index in [-0.39, 0.29) is 23.4 Å². The number of rotatable bonds is 9. The highest BCUT2D eigenvalue weighted by atomic mass is 32.1. The van der Waals surface area contributed by atoms with Crippen molar-refractivity contribution in [1.29, 1.82) is 0 Å². The second-order valence-corrected chi connectivity index (χ2v) is 8.14. The van der Waals surface area contributed by atoms with Gasteiger partial charge >= 0.3 is 5.69 Å². The second kappa shape index (κ2) is 8.04. The zero-order valence-electron chi connectivity index (χ0n) is 15.7. The van der Waals surface area contributed by atoms with Gasteiger partial charge < -0.3 is 15.8 Å². The molecule has 1 aliphatic rings. The number of nitrogens with one attached hydrogen (secondary N) is 1. The molecule has 26 heavy (non-hydrogen) atoms. The summed E-state index contributed by atoms with van der Waals surface area (Å²) in [5.41, 5.74) is 6.15. The minimum absolute atomic E-state index is 0.0507. The fourth-order valence-corrected chi connectivity index (χ4v) is 4.40. The van der Waals surface area contributed by atoms with E-state index in [1.54, 1.807) is 4.57 Å². The van der Waals surface area contributed by atoms with Crippen LogP contribution in [0.15, 0.2) is 9.59 Å². The fraction of sp³-hybridized carbons (Fsp3) is 0.667. The Labute approximate surface area is 156 Å². The van der Waals surface area contributed by atoms with E-state index in [1.807, 2.05) is 20.8 Å². The summed E-state index contributed by atoms with van der Waals surface area (Å²) in [6.07, 6.45) is 1.91. The molecule has 2 heterocycles. The predicted molar refractivity (Wildman–Crippen MR) is 105 cm³/mol. The molecular weight excluding hydrogens is 352 g/mol. The van der Waals surface area contributed by atoms with Gasteiger partial charge in [-0.3, -0.25) is 13.9 Å². The molecule has 0 spiro atoms. The molecule has 0 aliphatic heterocycles. The summed E-state index contributed by atoms with van der Waals surface area (Å²) >= 11 is 1.52. The molecule has 8 heteroatoms. The quantitative estimate of drug-likeness (QED) is 0.641. The third-order valence-corrected chi connectivity index (χ3v) is 5.94. The lowest BCUT2D eigenvalue weighted by Crippen LogP contribution is -2.40. The summed E-state index contributed by atoms with van der Waals surface area (Å²) in [6, 6.07) is 0.0507. The smallest absolute Gasteiger partial charge is 0.332 e. The van der Waals surface area contributed by atoms with Crippen LogP contribution in [-0.2, 0) is 17.8 Å². The Kier molecular flexibility index (Phi) is 5.96. The van der Waals surface area contributed by atoms with Crippen LogP contribution in [0.1, 0.15) is 43.2 Å². The lowest BCUT2D eigenvalue weighted by atomic mass is 10.2. The molecule has 1 fully saturated rings. The number of fused-ring (bicyclic) bond motifs is 1. The van der Waals surface area contributed by atoms with Crippen molar-refractivity contribution in [2.24, 2.45) is 5.73 Å². The maximum atomic E-state index is 13.0. The number of nitrogens with two attached hydrogens (primary N) is 1. The highest BCUT2D eigenvalue weighted by molar-refractivity contribution is 7.18. The number of aromatic nitrogens is 2. The van der Waals surface area contributed by atoms with Crippen LogP contribution < -0.4 is 22.3 Å². The first kappa shape index (κ1) is 19.3. The van der Waals surface area contributed by atoms with Gasteiger partial charge in [0.25, 0.3) is 5.56 Å². The lowest BCUT2D eigenvalue weighted by Gasteiger charge is -2.13. The van der Waals surface area contributed by atoms with E-state index in [2.05, 4.69) is 5.32 Å². The molecule has 1 saturated carbocycles. The molecule has 144 valence electrons. The van der Waals surface area contributed by atoms with Crippen LogP contribution in [-0.4, -0.2) is 34.9 Å². The maximum absolute atomic E-state index is 13.0. The summed E-state index contributed by atoms with van der Waals surface area (Å²) in [6.45, 7) is 8.76. The highest BCUT2D eigenvalue weighted by Gasteiger charge is 2.30. The predicted octanol–water partition coefficient (Wildman–Crippen LogP) is 1.34. The molecule has 2 aromatic heterocycles. The van der Waals surface area contributed by atoms with Gasteiger partial charge in [-0.2, -0.15) is 0 Å². The van der Waals surface area contributed by atoms with Crippen LogP contribution in [0.5, 0.6) is 0 Å². The number of nitrogens with zero attached hydrogens (tertiary/aromatic N) is 2. The Hall–Kier alpha value is -1.48. The highest BCUT2D eigenvalue weighted by Crippen LogP contribution is 2.34. The number of thiophene rings is 1. The van der Waals surface area contributed by atoms with Gasteiger partial charge in [0, 0.05) is 30.6 Å². The molecular formula is C18H28N4O3S. The van der Waals surface area contributed by atoms with E-state index in [1.165, 1.54) is 15.9 Å². The first-order chi connectivity index (χ1) is 12.5. The lowest BCUT2D eigenvalue weighted by molar-refractivity contribution is 0.0725. The van der Waals surface area contributed by atoms with Gasteiger partial charge in [-0.25, -0.2) is 4.79 Å². The van der Waals surface area contributed by atoms with Crippen molar-refractivity contribution in [1.82, 2.24) is 14.5 Å². The molecule has 0 radical (unpaired) electrons. The average molecular weight is 381 g/mol. The zero-order chi connectivity index (χ0) is 18.8. The maximum Gasteiger partial charge on any atom is 0.332 e. The Morgan fingerprint density at radius 1 is 1.35 bits per heavy atom. The van der Waals surface area contributed by atoms with Crippen molar-refractivity contribution in [3.8, 4) is 0 Å². The summed E-state index contributed by atoms with van der Waals surface area (Å²) in [5.74, 6) is 0. The van der Waals surface area contributed by atoms with E-state index >= 15 is 0 Å². The minimum Gasteiger partial charge on any atom is -0.377 e. The van der Waals surface area contributed by atoms with Crippen molar-refractivity contribution in [2.45, 2.75) is 58.8 Å². The monoisotopic (exact) mass is 380 g/mol. The van der Waals surface area contributed by atoms with Gasteiger partial charge in [-0.1, -0.05) is 0 Å². The van der Waals surface area contributed by atoms with Crippen molar-refractivity contribution < 1.29 is 4.74 Å². The Balaban J connectivity index is 2.08. The third-order valence-electron chi connectivity index (χ3n) is 4.63. The second-order valence-electron chi connectivity index (χ2n) is 7.06. The van der Waals surface area contributed by atoms with Crippen molar-refractivity contribution in [2.75, 3.05) is 19.7 Å². The molecule has 3 N–H and O–H groups in total. The Morgan fingerprint density at radius 2 is 2.08 bits per heavy atom. The van der Waals surface area contributed by atoms with Gasteiger partial charge in [0.1, 0.15) is 4.83 Å². The Morgan fingerprint density at radius 3 is 2.69 bits per heavy atom. The van der Waals surface area contributed by atoms with Crippen LogP contribution in [0.25, 0.3) is 10.2 Å². The molecule has 1 aliphatic carbocycles. The molecule has 0 saturated heterocycles. The number of ether oxygens (including phenoxy) is 1. The van der Waals surface area contributed by atoms with Crippen molar-refractivity contribution in [3.05, 3.63) is 31.3 Å². The first-order valence-electron chi connectivity index (χ1n) is 9.25. The van der Waals surface area contributed by atoms with E-state index in [0.717, 1.165) is 34.7 Å². The summed E-state index contributed by atoms with van der Waals surface area (Å²) in [5, 5.41) is 3.96. The molecule has 0 unspecified atom stereocenters. The van der Waals surface area contributed by atoms with E-state index < -0.39 is 0 Å². The van der Waals surface area contributed by atoms with Crippen molar-refractivity contribution in [3.63, 3.8) is 0 Å². The fourth-order valence-electron chi connectivity index (χ4n) is 3.11. The van der Waals surface area contributed by atoms with Crippen LogP contribution in [0.4, 0.5) is 0 Å². The molecule has 3 rings (SSSR count). The standard InChI is InChI=1S/C18H28N4O3S/c1-11(2)25-9-8-21-17-15(12(3)14(26-17)10-20-7-6-19)16(23)22(18(21)24)13-4-5-13/h11,13,20H,4-10,19H2,1-3H3. The molecule has 2 aromatic rings. The summed E-state index contributed by atoms with van der Waals surface area (Å²) < 4.78 is 8.82. The van der Waals surface area contributed by atoms with Gasteiger partial charge in [-0.15, -0.1) is 11.3 Å².